The average molecular weight is 462 g/mol. The third kappa shape index (κ3) is 3.80. The second-order valence-corrected chi connectivity index (χ2v) is 8.56. The van der Waals surface area contributed by atoms with Crippen molar-refractivity contribution in [3.8, 4) is 0 Å². The van der Waals surface area contributed by atoms with E-state index in [2.05, 4.69) is 15.3 Å². The summed E-state index contributed by atoms with van der Waals surface area (Å²) < 4.78 is 7.51. The maximum Gasteiger partial charge on any atom is 0.322 e. The summed E-state index contributed by atoms with van der Waals surface area (Å²) in [5, 5.41) is 36.5. The number of aliphatic hydroxyl groups excluding tert-OH is 2. The van der Waals surface area contributed by atoms with E-state index in [1.54, 1.807) is 50.6 Å². The van der Waals surface area contributed by atoms with Crippen molar-refractivity contribution in [2.75, 3.05) is 19.4 Å². The summed E-state index contributed by atoms with van der Waals surface area (Å²) in [6, 6.07) is 7.82. The Balaban J connectivity index is 1.67. The fourth-order valence-electron chi connectivity index (χ4n) is 3.75. The number of benzene rings is 1. The maximum atomic E-state index is 12.0. The lowest BCUT2D eigenvalue weighted by molar-refractivity contribution is -0.115. The maximum absolute atomic E-state index is 12.0. The number of fused-ring (bicyclic) bond motifs is 1. The van der Waals surface area contributed by atoms with Gasteiger partial charge < -0.3 is 29.5 Å². The van der Waals surface area contributed by atoms with E-state index >= 15 is 0 Å². The molecule has 0 aliphatic carbocycles. The largest absolute Gasteiger partial charge is 0.386 e. The van der Waals surface area contributed by atoms with Gasteiger partial charge in [0.1, 0.15) is 41.7 Å². The number of anilines is 1. The zero-order chi connectivity index (χ0) is 23.2. The van der Waals surface area contributed by atoms with Crippen LogP contribution < -0.4 is 5.32 Å². The lowest BCUT2D eigenvalue weighted by Gasteiger charge is -2.29. The predicted molar refractivity (Wildman–Crippen MR) is 117 cm³/mol. The summed E-state index contributed by atoms with van der Waals surface area (Å²) in [7, 11) is 3.21. The van der Waals surface area contributed by atoms with Crippen LogP contribution in [0.15, 0.2) is 42.9 Å². The van der Waals surface area contributed by atoms with Crippen LogP contribution >= 0.6 is 11.6 Å². The summed E-state index contributed by atoms with van der Waals surface area (Å²) in [6.07, 6.45) is -1.86. The first kappa shape index (κ1) is 22.4. The number of ether oxygens (including phenoxy) is 1. The van der Waals surface area contributed by atoms with Crippen molar-refractivity contribution in [2.45, 2.75) is 37.1 Å². The van der Waals surface area contributed by atoms with Gasteiger partial charge in [0.25, 0.3) is 0 Å². The van der Waals surface area contributed by atoms with Gasteiger partial charge in [0.15, 0.2) is 6.23 Å². The van der Waals surface area contributed by atoms with Crippen LogP contribution in [0.25, 0.3) is 11.0 Å². The zero-order valence-corrected chi connectivity index (χ0v) is 18.4. The molecule has 170 valence electrons. The van der Waals surface area contributed by atoms with E-state index in [0.717, 1.165) is 0 Å². The molecular weight excluding hydrogens is 438 g/mol. The zero-order valence-electron chi connectivity index (χ0n) is 17.7. The number of carbonyl (C=O) groups is 1. The molecule has 4 rings (SSSR count). The Kier molecular flexibility index (Phi) is 5.82. The first-order valence-corrected chi connectivity index (χ1v) is 10.3. The summed E-state index contributed by atoms with van der Waals surface area (Å²) in [4.78, 5) is 21.8. The molecule has 32 heavy (non-hydrogen) atoms. The van der Waals surface area contributed by atoms with Crippen LogP contribution in [0.5, 0.6) is 0 Å². The van der Waals surface area contributed by atoms with Gasteiger partial charge in [0.05, 0.1) is 5.39 Å². The minimum Gasteiger partial charge on any atom is -0.386 e. The minimum atomic E-state index is -1.77. The first-order chi connectivity index (χ1) is 15.1. The van der Waals surface area contributed by atoms with Gasteiger partial charge in [0.2, 0.25) is 0 Å². The third-order valence-electron chi connectivity index (χ3n) is 5.64. The van der Waals surface area contributed by atoms with E-state index in [1.807, 2.05) is 0 Å². The van der Waals surface area contributed by atoms with E-state index in [0.29, 0.717) is 27.4 Å². The van der Waals surface area contributed by atoms with Crippen LogP contribution in [-0.4, -0.2) is 72.7 Å². The number of amides is 2. The molecule has 11 heteroatoms. The Morgan fingerprint density at radius 1 is 1.28 bits per heavy atom. The van der Waals surface area contributed by atoms with Crippen molar-refractivity contribution >= 4 is 34.5 Å². The Morgan fingerprint density at radius 2 is 1.97 bits per heavy atom. The van der Waals surface area contributed by atoms with Gasteiger partial charge in [-0.15, -0.1) is 0 Å². The highest BCUT2D eigenvalue weighted by Gasteiger charge is 2.55. The molecule has 2 amide bonds. The van der Waals surface area contributed by atoms with Gasteiger partial charge >= 0.3 is 6.03 Å². The SMILES string of the molecule is CN(C)C(=O)Nc1ncnc2c1ccn2[C@@H]1O[C@H](C(O)c2ccc(Cl)cc2)[C@@](C)(O)[C@H]1O. The number of nitrogens with one attached hydrogen (secondary N) is 1. The number of carbonyl (C=O) groups excluding carboxylic acids is 1. The number of nitrogens with zero attached hydrogens (tertiary/aromatic N) is 4. The molecule has 1 saturated heterocycles. The molecule has 1 unspecified atom stereocenters. The molecule has 1 fully saturated rings. The number of aromatic nitrogens is 3. The minimum absolute atomic E-state index is 0.296. The van der Waals surface area contributed by atoms with Crippen LogP contribution in [0.1, 0.15) is 24.8 Å². The summed E-state index contributed by atoms with van der Waals surface area (Å²) in [6.45, 7) is 1.41. The molecule has 2 aromatic heterocycles. The molecule has 1 aromatic carbocycles. The van der Waals surface area contributed by atoms with Gasteiger partial charge in [-0.05, 0) is 30.7 Å². The number of aliphatic hydroxyl groups is 3. The smallest absolute Gasteiger partial charge is 0.322 e. The van der Waals surface area contributed by atoms with E-state index in [-0.39, 0.29) is 6.03 Å². The molecule has 0 spiro atoms. The number of hydrogen-bond donors (Lipinski definition) is 4. The normalized spacial score (nSPS) is 26.3. The van der Waals surface area contributed by atoms with Crippen LogP contribution in [0, 0.1) is 0 Å². The number of halogens is 1. The molecule has 0 bridgehead atoms. The topological polar surface area (TPSA) is 133 Å². The van der Waals surface area contributed by atoms with Gasteiger partial charge in [-0.25, -0.2) is 14.8 Å². The van der Waals surface area contributed by atoms with Crippen molar-refractivity contribution in [2.24, 2.45) is 0 Å². The van der Waals surface area contributed by atoms with Crippen molar-refractivity contribution in [3.63, 3.8) is 0 Å². The molecule has 1 aliphatic heterocycles. The van der Waals surface area contributed by atoms with Gasteiger partial charge in [-0.2, -0.15) is 0 Å². The second-order valence-electron chi connectivity index (χ2n) is 8.12. The third-order valence-corrected chi connectivity index (χ3v) is 5.90. The fourth-order valence-corrected chi connectivity index (χ4v) is 3.88. The van der Waals surface area contributed by atoms with Crippen molar-refractivity contribution in [1.82, 2.24) is 19.4 Å². The molecular formula is C21H24ClN5O5. The fraction of sp³-hybridized carbons (Fsp3) is 0.381. The second kappa shape index (κ2) is 8.30. The highest BCUT2D eigenvalue weighted by Crippen LogP contribution is 2.43. The van der Waals surface area contributed by atoms with Crippen LogP contribution in [0.3, 0.4) is 0 Å². The van der Waals surface area contributed by atoms with Crippen LogP contribution in [0.4, 0.5) is 10.6 Å². The highest BCUT2D eigenvalue weighted by atomic mass is 35.5. The molecule has 4 N–H and O–H groups in total. The van der Waals surface area contributed by atoms with Gasteiger partial charge in [0, 0.05) is 25.3 Å². The summed E-state index contributed by atoms with van der Waals surface area (Å²) in [5.41, 5.74) is -0.897. The van der Waals surface area contributed by atoms with Gasteiger partial charge in [-0.1, -0.05) is 23.7 Å². The van der Waals surface area contributed by atoms with E-state index in [9.17, 15) is 20.1 Å². The standard InChI is InChI=1S/C21H24ClN5O5/c1-21(31)15(29)19(32-16(21)14(28)11-4-6-12(22)7-5-11)27-9-8-13-17(23-10-24-18(13)27)25-20(30)26(2)3/h4-10,14-16,19,28-29,31H,1-3H3,(H,23,24,25,30)/t14?,15-,16+,19+,21-/m0/s1. The number of urea groups is 1. The lowest BCUT2D eigenvalue weighted by atomic mass is 9.88. The quantitative estimate of drug-likeness (QED) is 0.466. The molecule has 3 heterocycles. The predicted octanol–water partition coefficient (Wildman–Crippen LogP) is 1.92. The Bertz CT molecular complexity index is 1130. The Hall–Kier alpha value is -2.76. The average Bonchev–Trinajstić information content (AvgIpc) is 3.27. The molecule has 1 aliphatic rings. The van der Waals surface area contributed by atoms with Crippen LogP contribution in [0.2, 0.25) is 5.02 Å². The Morgan fingerprint density at radius 3 is 2.62 bits per heavy atom. The summed E-state index contributed by atoms with van der Waals surface area (Å²) in [5.74, 6) is 0.296. The highest BCUT2D eigenvalue weighted by molar-refractivity contribution is 6.30. The van der Waals surface area contributed by atoms with Crippen LogP contribution in [-0.2, 0) is 4.74 Å². The summed E-state index contributed by atoms with van der Waals surface area (Å²) >= 11 is 5.92. The monoisotopic (exact) mass is 461 g/mol. The number of hydrogen-bond acceptors (Lipinski definition) is 7. The van der Waals surface area contributed by atoms with E-state index in [4.69, 9.17) is 16.3 Å². The van der Waals surface area contributed by atoms with E-state index in [1.165, 1.54) is 22.7 Å². The van der Waals surface area contributed by atoms with Gasteiger partial charge in [-0.3, -0.25) is 5.32 Å². The lowest BCUT2D eigenvalue weighted by Crippen LogP contribution is -2.47. The molecule has 0 saturated carbocycles. The number of rotatable bonds is 4. The molecule has 3 aromatic rings. The molecule has 0 radical (unpaired) electrons. The van der Waals surface area contributed by atoms with Crippen molar-refractivity contribution < 1.29 is 24.9 Å². The molecule has 10 nitrogen and oxygen atoms in total. The van der Waals surface area contributed by atoms with Crippen molar-refractivity contribution in [3.05, 3.63) is 53.4 Å². The first-order valence-electron chi connectivity index (χ1n) is 9.90. The van der Waals surface area contributed by atoms with E-state index < -0.39 is 30.1 Å². The van der Waals surface area contributed by atoms with Crippen molar-refractivity contribution in [1.29, 1.82) is 0 Å². The Labute approximate surface area is 189 Å². The molecule has 5 atom stereocenters.